The van der Waals surface area contributed by atoms with Crippen LogP contribution in [0.15, 0.2) is 0 Å². The first-order valence-electron chi connectivity index (χ1n) is 11.3. The number of nitrogens with one attached hydrogen (secondary N) is 3. The first-order chi connectivity index (χ1) is 13.7. The molecule has 0 spiro atoms. The summed E-state index contributed by atoms with van der Waals surface area (Å²) in [7, 11) is 0. The van der Waals surface area contributed by atoms with Crippen LogP contribution in [0, 0.1) is 11.8 Å². The highest BCUT2D eigenvalue weighted by atomic mass is 16.2. The van der Waals surface area contributed by atoms with E-state index in [-0.39, 0.29) is 29.6 Å². The van der Waals surface area contributed by atoms with E-state index in [2.05, 4.69) is 22.9 Å². The van der Waals surface area contributed by atoms with Crippen molar-refractivity contribution < 1.29 is 14.4 Å². The second-order valence-electron chi connectivity index (χ2n) is 8.32. The maximum atomic E-state index is 12.9. The molecule has 170 valence electrons. The molecule has 0 saturated carbocycles. The first kappa shape index (κ1) is 27.4. The van der Waals surface area contributed by atoms with Gasteiger partial charge in [0.15, 0.2) is 5.78 Å². The highest BCUT2D eigenvalue weighted by Crippen LogP contribution is 2.13. The average molecular weight is 413 g/mol. The van der Waals surface area contributed by atoms with E-state index in [0.29, 0.717) is 19.4 Å². The largest absolute Gasteiger partial charge is 0.352 e. The van der Waals surface area contributed by atoms with Crippen LogP contribution in [0.3, 0.4) is 0 Å². The van der Waals surface area contributed by atoms with Gasteiger partial charge in [0.2, 0.25) is 5.91 Å². The van der Waals surface area contributed by atoms with E-state index in [0.717, 1.165) is 32.2 Å². The van der Waals surface area contributed by atoms with Gasteiger partial charge in [0.25, 0.3) is 0 Å². The molecule has 0 aliphatic carbocycles. The molecule has 0 aromatic rings. The monoisotopic (exact) mass is 412 g/mol. The Morgan fingerprint density at radius 1 is 0.862 bits per heavy atom. The average Bonchev–Trinajstić information content (AvgIpc) is 2.65. The van der Waals surface area contributed by atoms with Crippen molar-refractivity contribution in [3.8, 4) is 0 Å². The Kier molecular flexibility index (Phi) is 15.3. The molecule has 7 nitrogen and oxygen atoms in total. The zero-order valence-electron chi connectivity index (χ0n) is 19.2. The fourth-order valence-corrected chi connectivity index (χ4v) is 3.42. The van der Waals surface area contributed by atoms with Crippen LogP contribution in [-0.2, 0) is 9.59 Å². The summed E-state index contributed by atoms with van der Waals surface area (Å²) >= 11 is 0. The Hall–Kier alpha value is -1.63. The first-order valence-corrected chi connectivity index (χ1v) is 11.3. The Bertz CT molecular complexity index is 483. The second-order valence-corrected chi connectivity index (χ2v) is 8.32. The number of urea groups is 1. The van der Waals surface area contributed by atoms with Gasteiger partial charge in [-0.05, 0) is 38.1 Å². The molecular formula is C22H44N4O3. The maximum absolute atomic E-state index is 12.9. The molecule has 0 radical (unpaired) electrons. The molecule has 0 aromatic carbocycles. The number of primary amides is 1. The lowest BCUT2D eigenvalue weighted by molar-refractivity contribution is -0.131. The van der Waals surface area contributed by atoms with Crippen molar-refractivity contribution in [3.63, 3.8) is 0 Å². The Labute approximate surface area is 177 Å². The summed E-state index contributed by atoms with van der Waals surface area (Å²) in [6.45, 7) is 11.3. The SMILES string of the molecule is CCCCCCNC(C(=O)NC(CCCNC(N)=O)C(=O)C(C)CCC)C(C)C. The number of carbonyl (C=O) groups excluding carboxylic acids is 3. The van der Waals surface area contributed by atoms with Gasteiger partial charge in [0.05, 0.1) is 12.1 Å². The lowest BCUT2D eigenvalue weighted by atomic mass is 9.92. The predicted molar refractivity (Wildman–Crippen MR) is 119 cm³/mol. The van der Waals surface area contributed by atoms with Crippen LogP contribution < -0.4 is 21.7 Å². The minimum absolute atomic E-state index is 0.0599. The van der Waals surface area contributed by atoms with E-state index < -0.39 is 12.1 Å². The highest BCUT2D eigenvalue weighted by Gasteiger charge is 2.29. The third-order valence-corrected chi connectivity index (χ3v) is 5.18. The zero-order chi connectivity index (χ0) is 22.2. The minimum atomic E-state index is -0.580. The van der Waals surface area contributed by atoms with Gasteiger partial charge >= 0.3 is 6.03 Å². The second kappa shape index (κ2) is 16.2. The van der Waals surface area contributed by atoms with Gasteiger partial charge in [0.1, 0.15) is 0 Å². The van der Waals surface area contributed by atoms with Gasteiger partial charge in [-0.2, -0.15) is 0 Å². The summed E-state index contributed by atoms with van der Waals surface area (Å²) in [6.07, 6.45) is 7.36. The number of amides is 3. The number of hydrogen-bond donors (Lipinski definition) is 4. The van der Waals surface area contributed by atoms with E-state index in [4.69, 9.17) is 5.73 Å². The van der Waals surface area contributed by atoms with Gasteiger partial charge < -0.3 is 21.7 Å². The molecule has 5 N–H and O–H groups in total. The molecule has 29 heavy (non-hydrogen) atoms. The van der Waals surface area contributed by atoms with Crippen molar-refractivity contribution in [3.05, 3.63) is 0 Å². The van der Waals surface area contributed by atoms with Crippen molar-refractivity contribution in [1.29, 1.82) is 0 Å². The topological polar surface area (TPSA) is 113 Å². The number of carbonyl (C=O) groups is 3. The fourth-order valence-electron chi connectivity index (χ4n) is 3.42. The highest BCUT2D eigenvalue weighted by molar-refractivity contribution is 5.92. The maximum Gasteiger partial charge on any atom is 0.312 e. The summed E-state index contributed by atoms with van der Waals surface area (Å²) in [5.74, 6) is -0.0412. The number of Topliss-reactive ketones (excluding diaryl/α,β-unsaturated/α-hetero) is 1. The zero-order valence-corrected chi connectivity index (χ0v) is 19.2. The molecule has 3 amide bonds. The van der Waals surface area contributed by atoms with E-state index in [9.17, 15) is 14.4 Å². The molecule has 0 rings (SSSR count). The molecule has 3 atom stereocenters. The summed E-state index contributed by atoms with van der Waals surface area (Å²) in [5, 5.41) is 8.88. The number of hydrogen-bond acceptors (Lipinski definition) is 4. The predicted octanol–water partition coefficient (Wildman–Crippen LogP) is 3.12. The molecule has 0 fully saturated rings. The van der Waals surface area contributed by atoms with Crippen molar-refractivity contribution in [1.82, 2.24) is 16.0 Å². The van der Waals surface area contributed by atoms with Crippen LogP contribution in [0.1, 0.15) is 86.0 Å². The fraction of sp³-hybridized carbons (Fsp3) is 0.864. The van der Waals surface area contributed by atoms with Crippen LogP contribution >= 0.6 is 0 Å². The van der Waals surface area contributed by atoms with Crippen molar-refractivity contribution in [2.24, 2.45) is 17.6 Å². The standard InChI is InChI=1S/C22H44N4O3/c1-6-8-9-10-14-24-19(16(3)4)21(28)26-18(13-11-15-25-22(23)29)20(27)17(5)12-7-2/h16-19,24H,6-15H2,1-5H3,(H,26,28)(H3,23,25,29). The molecular weight excluding hydrogens is 368 g/mol. The van der Waals surface area contributed by atoms with Crippen molar-refractivity contribution in [2.75, 3.05) is 13.1 Å². The summed E-state index contributed by atoms with van der Waals surface area (Å²) in [6, 6.07) is -1.44. The third kappa shape index (κ3) is 12.5. The summed E-state index contributed by atoms with van der Waals surface area (Å²) < 4.78 is 0. The molecule has 3 unspecified atom stereocenters. The lowest BCUT2D eigenvalue weighted by Gasteiger charge is -2.26. The number of rotatable bonds is 17. The molecule has 0 saturated heterocycles. The Balaban J connectivity index is 4.91. The van der Waals surface area contributed by atoms with Crippen LogP contribution in [-0.4, -0.2) is 42.9 Å². The van der Waals surface area contributed by atoms with Gasteiger partial charge in [-0.15, -0.1) is 0 Å². The number of unbranched alkanes of at least 4 members (excludes halogenated alkanes) is 3. The van der Waals surface area contributed by atoms with E-state index in [1.54, 1.807) is 0 Å². The summed E-state index contributed by atoms with van der Waals surface area (Å²) in [4.78, 5) is 36.6. The van der Waals surface area contributed by atoms with E-state index in [1.165, 1.54) is 12.8 Å². The Morgan fingerprint density at radius 3 is 2.10 bits per heavy atom. The molecule has 0 bridgehead atoms. The van der Waals surface area contributed by atoms with Crippen LogP contribution in [0.2, 0.25) is 0 Å². The van der Waals surface area contributed by atoms with Gasteiger partial charge in [-0.1, -0.05) is 60.3 Å². The Morgan fingerprint density at radius 2 is 1.55 bits per heavy atom. The smallest absolute Gasteiger partial charge is 0.312 e. The van der Waals surface area contributed by atoms with Crippen LogP contribution in [0.5, 0.6) is 0 Å². The van der Waals surface area contributed by atoms with Gasteiger partial charge in [-0.3, -0.25) is 9.59 Å². The summed E-state index contributed by atoms with van der Waals surface area (Å²) in [5.41, 5.74) is 5.09. The van der Waals surface area contributed by atoms with Crippen molar-refractivity contribution >= 4 is 17.7 Å². The number of nitrogens with two attached hydrogens (primary N) is 1. The molecule has 0 aliphatic rings. The van der Waals surface area contributed by atoms with Gasteiger partial charge in [-0.25, -0.2) is 4.79 Å². The molecule has 0 heterocycles. The van der Waals surface area contributed by atoms with Crippen molar-refractivity contribution in [2.45, 2.75) is 98.1 Å². The molecule has 7 heteroatoms. The van der Waals surface area contributed by atoms with Crippen LogP contribution in [0.25, 0.3) is 0 Å². The van der Waals surface area contributed by atoms with E-state index in [1.807, 2.05) is 27.7 Å². The normalized spacial score (nSPS) is 14.3. The lowest BCUT2D eigenvalue weighted by Crippen LogP contribution is -2.53. The van der Waals surface area contributed by atoms with Crippen LogP contribution in [0.4, 0.5) is 4.79 Å². The van der Waals surface area contributed by atoms with E-state index >= 15 is 0 Å². The molecule has 0 aliphatic heterocycles. The third-order valence-electron chi connectivity index (χ3n) is 5.18. The quantitative estimate of drug-likeness (QED) is 0.275. The molecule has 0 aromatic heterocycles. The van der Waals surface area contributed by atoms with Gasteiger partial charge in [0, 0.05) is 12.5 Å². The minimum Gasteiger partial charge on any atom is -0.352 e. The number of ketones is 1.